The summed E-state index contributed by atoms with van der Waals surface area (Å²) in [5.41, 5.74) is 4.68. The Morgan fingerprint density at radius 2 is 2.10 bits per heavy atom. The van der Waals surface area contributed by atoms with Crippen LogP contribution in [0, 0.1) is 12.8 Å². The number of carbonyl (C=O) groups is 1. The van der Waals surface area contributed by atoms with Gasteiger partial charge in [-0.25, -0.2) is 0 Å². The average Bonchev–Trinajstić information content (AvgIpc) is 2.80. The summed E-state index contributed by atoms with van der Waals surface area (Å²) < 4.78 is 0. The van der Waals surface area contributed by atoms with Crippen molar-refractivity contribution in [2.75, 3.05) is 24.5 Å². The molecule has 2 aliphatic rings. The monoisotopic (exact) mass is 404 g/mol. The number of allylic oxidation sites excluding steroid dienone is 1. The third-order valence-corrected chi connectivity index (χ3v) is 6.21. The molecule has 158 valence electrons. The molecule has 1 aliphatic carbocycles. The van der Waals surface area contributed by atoms with Gasteiger partial charge in [0.05, 0.1) is 11.6 Å². The van der Waals surface area contributed by atoms with E-state index in [2.05, 4.69) is 51.6 Å². The first kappa shape index (κ1) is 20.6. The minimum absolute atomic E-state index is 0.0253. The molecule has 1 aromatic carbocycles. The van der Waals surface area contributed by atoms with Crippen LogP contribution < -0.4 is 10.2 Å². The van der Waals surface area contributed by atoms with E-state index in [-0.39, 0.29) is 11.8 Å². The molecule has 0 saturated carbocycles. The van der Waals surface area contributed by atoms with E-state index in [1.54, 1.807) is 0 Å². The van der Waals surface area contributed by atoms with Gasteiger partial charge in [0.15, 0.2) is 5.82 Å². The fourth-order valence-electron chi connectivity index (χ4n) is 4.47. The SMILES string of the molecule is Cc1cccc(-c2ccc(N3CCC[C@@H](C(=O)NCCC4=CCCCC4)C3)nn2)c1. The van der Waals surface area contributed by atoms with E-state index in [9.17, 15) is 4.79 Å². The molecule has 1 amide bonds. The molecule has 0 bridgehead atoms. The third-order valence-electron chi connectivity index (χ3n) is 6.21. The van der Waals surface area contributed by atoms with Crippen LogP contribution in [0.2, 0.25) is 0 Å². The topological polar surface area (TPSA) is 58.1 Å². The summed E-state index contributed by atoms with van der Waals surface area (Å²) in [4.78, 5) is 14.9. The number of amides is 1. The van der Waals surface area contributed by atoms with Crippen LogP contribution in [0.25, 0.3) is 11.3 Å². The molecule has 0 spiro atoms. The van der Waals surface area contributed by atoms with Gasteiger partial charge in [-0.1, -0.05) is 35.4 Å². The zero-order valence-corrected chi connectivity index (χ0v) is 17.9. The number of aryl methyl sites for hydroxylation is 1. The molecule has 2 heterocycles. The molecule has 1 N–H and O–H groups in total. The minimum Gasteiger partial charge on any atom is -0.355 e. The van der Waals surface area contributed by atoms with Gasteiger partial charge in [0, 0.05) is 25.2 Å². The molecule has 5 nitrogen and oxygen atoms in total. The maximum atomic E-state index is 12.7. The standard InChI is InChI=1S/C25H32N4O/c1-19-7-5-10-21(17-19)23-12-13-24(28-27-23)29-16-6-11-22(18-29)25(30)26-15-14-20-8-3-2-4-9-20/h5,7-8,10,12-13,17,22H,2-4,6,9,11,14-16,18H2,1H3,(H,26,30)/t22-/m1/s1. The number of anilines is 1. The molecule has 0 radical (unpaired) electrons. The van der Waals surface area contributed by atoms with E-state index in [0.717, 1.165) is 49.4 Å². The molecule has 4 rings (SSSR count). The van der Waals surface area contributed by atoms with Gasteiger partial charge in [-0.2, -0.15) is 0 Å². The van der Waals surface area contributed by atoms with Crippen LogP contribution in [-0.4, -0.2) is 35.7 Å². The number of carbonyl (C=O) groups excluding carboxylic acids is 1. The molecule has 2 aromatic rings. The van der Waals surface area contributed by atoms with Crippen LogP contribution in [0.5, 0.6) is 0 Å². The fraction of sp³-hybridized carbons (Fsp3) is 0.480. The molecule has 1 saturated heterocycles. The second kappa shape index (κ2) is 9.88. The van der Waals surface area contributed by atoms with E-state index in [4.69, 9.17) is 0 Å². The number of nitrogens with one attached hydrogen (secondary N) is 1. The Morgan fingerprint density at radius 1 is 1.17 bits per heavy atom. The van der Waals surface area contributed by atoms with E-state index >= 15 is 0 Å². The van der Waals surface area contributed by atoms with E-state index < -0.39 is 0 Å². The Morgan fingerprint density at radius 3 is 2.87 bits per heavy atom. The third kappa shape index (κ3) is 5.26. The van der Waals surface area contributed by atoms with Crippen molar-refractivity contribution in [1.82, 2.24) is 15.5 Å². The van der Waals surface area contributed by atoms with Crippen LogP contribution in [0.15, 0.2) is 48.0 Å². The highest BCUT2D eigenvalue weighted by Crippen LogP contribution is 2.24. The quantitative estimate of drug-likeness (QED) is 0.711. The smallest absolute Gasteiger partial charge is 0.224 e. The molecule has 5 heteroatoms. The lowest BCUT2D eigenvalue weighted by Gasteiger charge is -2.32. The van der Waals surface area contributed by atoms with E-state index in [1.807, 2.05) is 18.2 Å². The zero-order valence-electron chi connectivity index (χ0n) is 17.9. The lowest BCUT2D eigenvalue weighted by molar-refractivity contribution is -0.125. The average molecular weight is 405 g/mol. The number of hydrogen-bond donors (Lipinski definition) is 1. The van der Waals surface area contributed by atoms with Crippen molar-refractivity contribution >= 4 is 11.7 Å². The molecule has 30 heavy (non-hydrogen) atoms. The van der Waals surface area contributed by atoms with Crippen molar-refractivity contribution in [1.29, 1.82) is 0 Å². The van der Waals surface area contributed by atoms with Crippen LogP contribution in [0.4, 0.5) is 5.82 Å². The van der Waals surface area contributed by atoms with Crippen molar-refractivity contribution in [2.45, 2.75) is 51.9 Å². The Kier molecular flexibility index (Phi) is 6.77. The number of nitrogens with zero attached hydrogens (tertiary/aromatic N) is 3. The highest BCUT2D eigenvalue weighted by atomic mass is 16.1. The first-order chi connectivity index (χ1) is 14.7. The molecular weight excluding hydrogens is 372 g/mol. The van der Waals surface area contributed by atoms with Crippen LogP contribution in [0.1, 0.15) is 50.5 Å². The van der Waals surface area contributed by atoms with Crippen LogP contribution in [-0.2, 0) is 4.79 Å². The van der Waals surface area contributed by atoms with Gasteiger partial charge in [0.1, 0.15) is 0 Å². The van der Waals surface area contributed by atoms with Gasteiger partial charge in [-0.3, -0.25) is 4.79 Å². The van der Waals surface area contributed by atoms with Crippen LogP contribution in [0.3, 0.4) is 0 Å². The Balaban J connectivity index is 1.32. The second-order valence-corrected chi connectivity index (χ2v) is 8.58. The summed E-state index contributed by atoms with van der Waals surface area (Å²) in [6.45, 7) is 4.48. The summed E-state index contributed by atoms with van der Waals surface area (Å²) in [6.07, 6.45) is 10.3. The Bertz CT molecular complexity index is 890. The summed E-state index contributed by atoms with van der Waals surface area (Å²) in [5.74, 6) is 1.06. The summed E-state index contributed by atoms with van der Waals surface area (Å²) >= 11 is 0. The first-order valence-electron chi connectivity index (χ1n) is 11.3. The highest BCUT2D eigenvalue weighted by molar-refractivity contribution is 5.79. The maximum Gasteiger partial charge on any atom is 0.224 e. The van der Waals surface area contributed by atoms with Gasteiger partial charge in [0.2, 0.25) is 5.91 Å². The van der Waals surface area contributed by atoms with Crippen molar-refractivity contribution in [3.8, 4) is 11.3 Å². The molecular formula is C25H32N4O. The number of aromatic nitrogens is 2. The van der Waals surface area contributed by atoms with Crippen LogP contribution >= 0.6 is 0 Å². The van der Waals surface area contributed by atoms with Gasteiger partial charge >= 0.3 is 0 Å². The number of benzene rings is 1. The Hall–Kier alpha value is -2.69. The zero-order chi connectivity index (χ0) is 20.8. The second-order valence-electron chi connectivity index (χ2n) is 8.58. The lowest BCUT2D eigenvalue weighted by atomic mass is 9.96. The first-order valence-corrected chi connectivity index (χ1v) is 11.3. The van der Waals surface area contributed by atoms with Crippen molar-refractivity contribution in [3.05, 3.63) is 53.6 Å². The van der Waals surface area contributed by atoms with Crippen molar-refractivity contribution < 1.29 is 4.79 Å². The molecule has 1 fully saturated rings. The lowest BCUT2D eigenvalue weighted by Crippen LogP contribution is -2.43. The van der Waals surface area contributed by atoms with E-state index in [1.165, 1.54) is 36.8 Å². The van der Waals surface area contributed by atoms with Crippen molar-refractivity contribution in [2.24, 2.45) is 5.92 Å². The molecule has 1 aliphatic heterocycles. The van der Waals surface area contributed by atoms with E-state index in [0.29, 0.717) is 6.54 Å². The highest BCUT2D eigenvalue weighted by Gasteiger charge is 2.26. The summed E-state index contributed by atoms with van der Waals surface area (Å²) in [6, 6.07) is 12.4. The fourth-order valence-corrected chi connectivity index (χ4v) is 4.47. The van der Waals surface area contributed by atoms with Crippen molar-refractivity contribution in [3.63, 3.8) is 0 Å². The molecule has 0 unspecified atom stereocenters. The maximum absolute atomic E-state index is 12.7. The number of hydrogen-bond acceptors (Lipinski definition) is 4. The largest absolute Gasteiger partial charge is 0.355 e. The number of piperidine rings is 1. The predicted molar refractivity (Wildman–Crippen MR) is 121 cm³/mol. The molecule has 1 aromatic heterocycles. The summed E-state index contributed by atoms with van der Waals surface area (Å²) in [5, 5.41) is 12.1. The Labute approximate surface area is 179 Å². The predicted octanol–water partition coefficient (Wildman–Crippen LogP) is 4.68. The van der Waals surface area contributed by atoms with Gasteiger partial charge < -0.3 is 10.2 Å². The van der Waals surface area contributed by atoms with Gasteiger partial charge in [0.25, 0.3) is 0 Å². The minimum atomic E-state index is 0.0253. The van der Waals surface area contributed by atoms with Gasteiger partial charge in [-0.15, -0.1) is 10.2 Å². The number of rotatable bonds is 6. The normalized spacial score (nSPS) is 19.3. The van der Waals surface area contributed by atoms with Gasteiger partial charge in [-0.05, 0) is 70.1 Å². The molecule has 1 atom stereocenters. The summed E-state index contributed by atoms with van der Waals surface area (Å²) in [7, 11) is 0.